The van der Waals surface area contributed by atoms with E-state index in [1.807, 2.05) is 30.1 Å². The summed E-state index contributed by atoms with van der Waals surface area (Å²) in [6.07, 6.45) is 1.09. The van der Waals surface area contributed by atoms with Crippen LogP contribution >= 0.6 is 11.3 Å². The van der Waals surface area contributed by atoms with Gasteiger partial charge in [0.05, 0.1) is 16.8 Å². The lowest BCUT2D eigenvalue weighted by molar-refractivity contribution is -0.117. The van der Waals surface area contributed by atoms with Gasteiger partial charge in [-0.05, 0) is 44.1 Å². The van der Waals surface area contributed by atoms with E-state index in [0.29, 0.717) is 23.3 Å². The van der Waals surface area contributed by atoms with Gasteiger partial charge in [-0.15, -0.1) is 0 Å². The van der Waals surface area contributed by atoms with E-state index in [-0.39, 0.29) is 5.91 Å². The number of carbonyl (C=O) groups is 1. The average Bonchev–Trinajstić information content (AvgIpc) is 2.77. The van der Waals surface area contributed by atoms with Gasteiger partial charge >= 0.3 is 0 Å². The number of thiazole rings is 1. The van der Waals surface area contributed by atoms with Crippen LogP contribution in [0.4, 0.5) is 10.8 Å². The van der Waals surface area contributed by atoms with E-state index in [0.717, 1.165) is 23.2 Å². The van der Waals surface area contributed by atoms with Crippen LogP contribution in [-0.4, -0.2) is 35.9 Å². The molecule has 3 N–H and O–H groups in total. The van der Waals surface area contributed by atoms with Crippen molar-refractivity contribution in [3.8, 4) is 0 Å². The molecule has 5 nitrogen and oxygen atoms in total. The largest absolute Gasteiger partial charge is 0.399 e. The molecule has 1 aromatic carbocycles. The van der Waals surface area contributed by atoms with Crippen LogP contribution in [0.3, 0.4) is 0 Å². The number of likely N-dealkylation sites (N-methyl/N-ethyl adjacent to an activating group) is 1. The Hall–Kier alpha value is -1.66. The van der Waals surface area contributed by atoms with Gasteiger partial charge < -0.3 is 11.1 Å². The number of benzene rings is 1. The number of amides is 1. The molecular weight excluding hydrogens is 284 g/mol. The topological polar surface area (TPSA) is 71.2 Å². The first-order chi connectivity index (χ1) is 9.94. The van der Waals surface area contributed by atoms with Crippen LogP contribution in [0.5, 0.6) is 0 Å². The minimum atomic E-state index is -0.0340. The molecule has 1 heterocycles. The first kappa shape index (κ1) is 15.7. The van der Waals surface area contributed by atoms with Gasteiger partial charge in [-0.3, -0.25) is 9.69 Å². The number of carbonyl (C=O) groups excluding carboxylic acids is 1. The third kappa shape index (κ3) is 4.68. The SMILES string of the molecule is CC(C)CCN(C)CC(=O)Nc1nc2ccc(N)cc2s1. The smallest absolute Gasteiger partial charge is 0.240 e. The highest BCUT2D eigenvalue weighted by Gasteiger charge is 2.10. The average molecular weight is 306 g/mol. The lowest BCUT2D eigenvalue weighted by atomic mass is 10.1. The van der Waals surface area contributed by atoms with Crippen LogP contribution < -0.4 is 11.1 Å². The molecule has 0 unspecified atom stereocenters. The van der Waals surface area contributed by atoms with Gasteiger partial charge in [0, 0.05) is 5.69 Å². The van der Waals surface area contributed by atoms with Crippen LogP contribution in [0.1, 0.15) is 20.3 Å². The highest BCUT2D eigenvalue weighted by molar-refractivity contribution is 7.22. The lowest BCUT2D eigenvalue weighted by Gasteiger charge is -2.16. The second kappa shape index (κ2) is 6.87. The van der Waals surface area contributed by atoms with E-state index in [1.165, 1.54) is 11.3 Å². The zero-order chi connectivity index (χ0) is 15.4. The predicted molar refractivity (Wildman–Crippen MR) is 89.6 cm³/mol. The third-order valence-electron chi connectivity index (χ3n) is 3.16. The van der Waals surface area contributed by atoms with Crippen LogP contribution in [0.15, 0.2) is 18.2 Å². The van der Waals surface area contributed by atoms with Crippen molar-refractivity contribution >= 4 is 38.3 Å². The van der Waals surface area contributed by atoms with Crippen molar-refractivity contribution in [2.45, 2.75) is 20.3 Å². The van der Waals surface area contributed by atoms with Crippen molar-refractivity contribution in [2.24, 2.45) is 5.92 Å². The highest BCUT2D eigenvalue weighted by atomic mass is 32.1. The number of nitrogen functional groups attached to an aromatic ring is 1. The quantitative estimate of drug-likeness (QED) is 0.805. The fourth-order valence-electron chi connectivity index (χ4n) is 1.96. The van der Waals surface area contributed by atoms with Crippen molar-refractivity contribution in [3.05, 3.63) is 18.2 Å². The van der Waals surface area contributed by atoms with Crippen molar-refractivity contribution < 1.29 is 4.79 Å². The van der Waals surface area contributed by atoms with Crippen LogP contribution in [0.2, 0.25) is 0 Å². The fraction of sp³-hybridized carbons (Fsp3) is 0.467. The summed E-state index contributed by atoms with van der Waals surface area (Å²) in [7, 11) is 1.96. The Bertz CT molecular complexity index is 623. The Kier molecular flexibility index (Phi) is 5.14. The molecule has 2 rings (SSSR count). The Morgan fingerprint density at radius 1 is 1.48 bits per heavy atom. The van der Waals surface area contributed by atoms with Gasteiger partial charge in [0.1, 0.15) is 0 Å². The number of hydrogen-bond donors (Lipinski definition) is 2. The third-order valence-corrected chi connectivity index (χ3v) is 4.09. The van der Waals surface area contributed by atoms with E-state index >= 15 is 0 Å². The number of nitrogens with two attached hydrogens (primary N) is 1. The Morgan fingerprint density at radius 2 is 2.24 bits per heavy atom. The molecule has 0 aliphatic carbocycles. The minimum absolute atomic E-state index is 0.0340. The maximum absolute atomic E-state index is 12.0. The molecular formula is C15H22N4OS. The summed E-state index contributed by atoms with van der Waals surface area (Å²) >= 11 is 1.44. The zero-order valence-electron chi connectivity index (χ0n) is 12.7. The molecule has 0 bridgehead atoms. The molecule has 0 fully saturated rings. The standard InChI is InChI=1S/C15H22N4OS/c1-10(2)6-7-19(3)9-14(20)18-15-17-12-5-4-11(16)8-13(12)21-15/h4-5,8,10H,6-7,9,16H2,1-3H3,(H,17,18,20). The molecule has 0 atom stereocenters. The molecule has 0 aliphatic heterocycles. The first-order valence-corrected chi connectivity index (χ1v) is 7.90. The second-order valence-electron chi connectivity index (χ2n) is 5.71. The number of nitrogens with zero attached hydrogens (tertiary/aromatic N) is 2. The molecule has 2 aromatic rings. The van der Waals surface area contributed by atoms with Crippen LogP contribution in [0, 0.1) is 5.92 Å². The zero-order valence-corrected chi connectivity index (χ0v) is 13.5. The number of rotatable bonds is 6. The van der Waals surface area contributed by atoms with Gasteiger partial charge in [0.2, 0.25) is 5.91 Å². The van der Waals surface area contributed by atoms with E-state index in [4.69, 9.17) is 5.73 Å². The maximum Gasteiger partial charge on any atom is 0.240 e. The summed E-state index contributed by atoms with van der Waals surface area (Å²) in [4.78, 5) is 18.4. The van der Waals surface area contributed by atoms with Gasteiger partial charge in [-0.25, -0.2) is 4.98 Å². The lowest BCUT2D eigenvalue weighted by Crippen LogP contribution is -2.31. The van der Waals surface area contributed by atoms with Crippen molar-refractivity contribution in [1.82, 2.24) is 9.88 Å². The molecule has 114 valence electrons. The number of hydrogen-bond acceptors (Lipinski definition) is 5. The summed E-state index contributed by atoms with van der Waals surface area (Å²) in [5, 5.41) is 3.48. The summed E-state index contributed by atoms with van der Waals surface area (Å²) in [6.45, 7) is 5.66. The second-order valence-corrected chi connectivity index (χ2v) is 6.75. The van der Waals surface area contributed by atoms with Crippen molar-refractivity contribution in [1.29, 1.82) is 0 Å². The predicted octanol–water partition coefficient (Wildman–Crippen LogP) is 2.79. The van der Waals surface area contributed by atoms with Gasteiger partial charge in [0.25, 0.3) is 0 Å². The van der Waals surface area contributed by atoms with Crippen molar-refractivity contribution in [2.75, 3.05) is 31.2 Å². The number of fused-ring (bicyclic) bond motifs is 1. The van der Waals surface area contributed by atoms with Crippen LogP contribution in [0.25, 0.3) is 10.2 Å². The highest BCUT2D eigenvalue weighted by Crippen LogP contribution is 2.27. The van der Waals surface area contributed by atoms with E-state index in [2.05, 4.69) is 24.1 Å². The number of anilines is 2. The Morgan fingerprint density at radius 3 is 2.95 bits per heavy atom. The molecule has 1 amide bonds. The Labute approximate surface area is 129 Å². The normalized spacial score (nSPS) is 11.5. The molecule has 21 heavy (non-hydrogen) atoms. The summed E-state index contributed by atoms with van der Waals surface area (Å²) in [6, 6.07) is 5.55. The maximum atomic E-state index is 12.0. The molecule has 0 spiro atoms. The van der Waals surface area contributed by atoms with E-state index in [1.54, 1.807) is 0 Å². The van der Waals surface area contributed by atoms with Gasteiger partial charge in [-0.2, -0.15) is 0 Å². The first-order valence-electron chi connectivity index (χ1n) is 7.08. The fourth-order valence-corrected chi connectivity index (χ4v) is 2.89. The van der Waals surface area contributed by atoms with Crippen LogP contribution in [-0.2, 0) is 4.79 Å². The minimum Gasteiger partial charge on any atom is -0.399 e. The number of aromatic nitrogens is 1. The molecule has 0 saturated carbocycles. The molecule has 0 radical (unpaired) electrons. The monoisotopic (exact) mass is 306 g/mol. The Balaban J connectivity index is 1.92. The van der Waals surface area contributed by atoms with E-state index < -0.39 is 0 Å². The molecule has 6 heteroatoms. The summed E-state index contributed by atoms with van der Waals surface area (Å²) < 4.78 is 0.985. The number of nitrogens with one attached hydrogen (secondary N) is 1. The van der Waals surface area contributed by atoms with E-state index in [9.17, 15) is 4.79 Å². The summed E-state index contributed by atoms with van der Waals surface area (Å²) in [5.41, 5.74) is 7.31. The molecule has 0 aliphatic rings. The van der Waals surface area contributed by atoms with Crippen molar-refractivity contribution in [3.63, 3.8) is 0 Å². The van der Waals surface area contributed by atoms with Gasteiger partial charge in [0.15, 0.2) is 5.13 Å². The molecule has 1 aromatic heterocycles. The molecule has 0 saturated heterocycles. The summed E-state index contributed by atoms with van der Waals surface area (Å²) in [5.74, 6) is 0.610. The van der Waals surface area contributed by atoms with Gasteiger partial charge in [-0.1, -0.05) is 25.2 Å².